The lowest BCUT2D eigenvalue weighted by atomic mass is 10.2. The van der Waals surface area contributed by atoms with Crippen molar-refractivity contribution >= 4 is 23.4 Å². The van der Waals surface area contributed by atoms with Crippen LogP contribution in [-0.4, -0.2) is 25.8 Å². The van der Waals surface area contributed by atoms with Crippen molar-refractivity contribution in [2.24, 2.45) is 0 Å². The van der Waals surface area contributed by atoms with E-state index in [9.17, 15) is 14.0 Å². The van der Waals surface area contributed by atoms with Crippen LogP contribution in [0.3, 0.4) is 0 Å². The van der Waals surface area contributed by atoms with Crippen LogP contribution in [0.15, 0.2) is 27.0 Å². The summed E-state index contributed by atoms with van der Waals surface area (Å²) in [6.07, 6.45) is 0. The lowest BCUT2D eigenvalue weighted by Crippen LogP contribution is -2.16. The Morgan fingerprint density at radius 1 is 1.60 bits per heavy atom. The smallest absolute Gasteiger partial charge is 0.343 e. The summed E-state index contributed by atoms with van der Waals surface area (Å²) in [5.74, 6) is -1.92. The SMILES string of the molecule is CCn1c(Sc2cc(C(=O)O)c(N)cc2F)n[nH]c1=O. The number of H-pyrrole nitrogens is 1. The lowest BCUT2D eigenvalue weighted by molar-refractivity contribution is 0.0697. The Morgan fingerprint density at radius 2 is 2.30 bits per heavy atom. The number of aromatic nitrogens is 3. The van der Waals surface area contributed by atoms with Gasteiger partial charge >= 0.3 is 11.7 Å². The molecule has 0 fully saturated rings. The molecule has 0 aliphatic rings. The Morgan fingerprint density at radius 3 is 2.90 bits per heavy atom. The summed E-state index contributed by atoms with van der Waals surface area (Å²) in [6.45, 7) is 2.10. The summed E-state index contributed by atoms with van der Waals surface area (Å²) in [5, 5.41) is 15.2. The molecule has 0 saturated heterocycles. The highest BCUT2D eigenvalue weighted by atomic mass is 32.2. The van der Waals surface area contributed by atoms with Crippen LogP contribution in [0.5, 0.6) is 0 Å². The number of hydrogen-bond acceptors (Lipinski definition) is 5. The number of nitrogens with one attached hydrogen (secondary N) is 1. The molecule has 20 heavy (non-hydrogen) atoms. The Hall–Kier alpha value is -2.29. The Balaban J connectivity index is 2.45. The zero-order chi connectivity index (χ0) is 14.9. The minimum absolute atomic E-state index is 0.0327. The summed E-state index contributed by atoms with van der Waals surface area (Å²) >= 11 is 0.853. The van der Waals surface area contributed by atoms with Gasteiger partial charge in [-0.25, -0.2) is 19.1 Å². The normalized spacial score (nSPS) is 10.7. The van der Waals surface area contributed by atoms with Gasteiger partial charge in [0.1, 0.15) is 5.82 Å². The lowest BCUT2D eigenvalue weighted by Gasteiger charge is -2.07. The number of nitrogens with two attached hydrogens (primary N) is 1. The average molecular weight is 298 g/mol. The van der Waals surface area contributed by atoms with Gasteiger partial charge in [-0.1, -0.05) is 0 Å². The fourth-order valence-electron chi connectivity index (χ4n) is 1.59. The molecule has 0 aliphatic carbocycles. The second-order valence-electron chi connectivity index (χ2n) is 3.83. The van der Waals surface area contributed by atoms with Crippen molar-refractivity contribution in [3.63, 3.8) is 0 Å². The standard InChI is InChI=1S/C11H11FN4O3S/c1-2-16-10(19)14-15-11(16)20-8-3-5(9(17)18)7(13)4-6(8)12/h3-4H,2,13H2,1H3,(H,14,19)(H,17,18). The Kier molecular flexibility index (Phi) is 3.79. The third-order valence-electron chi connectivity index (χ3n) is 2.58. The highest BCUT2D eigenvalue weighted by Gasteiger charge is 2.16. The molecule has 0 aliphatic heterocycles. The molecule has 0 amide bonds. The molecule has 0 spiro atoms. The Labute approximate surface area is 116 Å². The summed E-state index contributed by atoms with van der Waals surface area (Å²) in [4.78, 5) is 22.4. The molecule has 1 aromatic carbocycles. The van der Waals surface area contributed by atoms with Crippen LogP contribution < -0.4 is 11.4 Å². The van der Waals surface area contributed by atoms with E-state index in [-0.39, 0.29) is 21.3 Å². The number of aromatic amines is 1. The van der Waals surface area contributed by atoms with E-state index >= 15 is 0 Å². The molecule has 0 radical (unpaired) electrons. The number of rotatable bonds is 4. The number of carbonyl (C=O) groups is 1. The van der Waals surface area contributed by atoms with E-state index < -0.39 is 17.5 Å². The van der Waals surface area contributed by atoms with Gasteiger partial charge < -0.3 is 10.8 Å². The maximum atomic E-state index is 13.8. The van der Waals surface area contributed by atoms with Gasteiger partial charge in [0, 0.05) is 12.2 Å². The van der Waals surface area contributed by atoms with Gasteiger partial charge in [0.2, 0.25) is 0 Å². The summed E-state index contributed by atoms with van der Waals surface area (Å²) in [7, 11) is 0. The number of nitrogens with zero attached hydrogens (tertiary/aromatic N) is 2. The molecule has 4 N–H and O–H groups in total. The predicted molar refractivity (Wildman–Crippen MR) is 70.4 cm³/mol. The van der Waals surface area contributed by atoms with Crippen molar-refractivity contribution in [3.05, 3.63) is 34.0 Å². The fourth-order valence-corrected chi connectivity index (χ4v) is 2.53. The third-order valence-corrected chi connectivity index (χ3v) is 3.60. The molecule has 106 valence electrons. The van der Waals surface area contributed by atoms with Crippen molar-refractivity contribution in [1.29, 1.82) is 0 Å². The molecule has 0 unspecified atom stereocenters. The van der Waals surface area contributed by atoms with Gasteiger partial charge in [-0.15, -0.1) is 5.10 Å². The summed E-state index contributed by atoms with van der Waals surface area (Å²) in [6, 6.07) is 2.06. The highest BCUT2D eigenvalue weighted by Crippen LogP contribution is 2.30. The number of anilines is 1. The van der Waals surface area contributed by atoms with Crippen LogP contribution in [0.25, 0.3) is 0 Å². The van der Waals surface area contributed by atoms with Crippen LogP contribution >= 0.6 is 11.8 Å². The monoisotopic (exact) mass is 298 g/mol. The van der Waals surface area contributed by atoms with Gasteiger partial charge in [-0.05, 0) is 30.8 Å². The first-order valence-electron chi connectivity index (χ1n) is 5.59. The van der Waals surface area contributed by atoms with E-state index in [0.717, 1.165) is 23.9 Å². The van der Waals surface area contributed by atoms with E-state index in [2.05, 4.69) is 10.2 Å². The molecule has 2 aromatic rings. The topological polar surface area (TPSA) is 114 Å². The summed E-state index contributed by atoms with van der Waals surface area (Å²) in [5.41, 5.74) is 4.67. The van der Waals surface area contributed by atoms with Gasteiger partial charge in [-0.2, -0.15) is 0 Å². The number of halogens is 1. The van der Waals surface area contributed by atoms with Crippen molar-refractivity contribution in [2.45, 2.75) is 23.5 Å². The number of carboxylic acids is 1. The molecule has 2 rings (SSSR count). The van der Waals surface area contributed by atoms with Crippen LogP contribution in [0.1, 0.15) is 17.3 Å². The Bertz CT molecular complexity index is 725. The quantitative estimate of drug-likeness (QED) is 0.730. The molecule has 9 heteroatoms. The summed E-state index contributed by atoms with van der Waals surface area (Å²) < 4.78 is 15.1. The minimum Gasteiger partial charge on any atom is -0.478 e. The first-order valence-corrected chi connectivity index (χ1v) is 6.41. The van der Waals surface area contributed by atoms with E-state index in [1.165, 1.54) is 4.57 Å². The van der Waals surface area contributed by atoms with E-state index in [1.54, 1.807) is 6.92 Å². The van der Waals surface area contributed by atoms with Crippen LogP contribution in [0, 0.1) is 5.82 Å². The predicted octanol–water partition coefficient (Wildman–Crippen LogP) is 1.16. The van der Waals surface area contributed by atoms with E-state index in [1.807, 2.05) is 0 Å². The van der Waals surface area contributed by atoms with Crippen LogP contribution in [-0.2, 0) is 6.54 Å². The molecule has 0 bridgehead atoms. The first kappa shape index (κ1) is 14.1. The molecule has 0 atom stereocenters. The average Bonchev–Trinajstić information content (AvgIpc) is 2.72. The van der Waals surface area contributed by atoms with Crippen molar-refractivity contribution < 1.29 is 14.3 Å². The molecular weight excluding hydrogens is 287 g/mol. The number of hydrogen-bond donors (Lipinski definition) is 3. The van der Waals surface area contributed by atoms with Crippen LogP contribution in [0.2, 0.25) is 0 Å². The molecule has 7 nitrogen and oxygen atoms in total. The van der Waals surface area contributed by atoms with Crippen molar-refractivity contribution in [2.75, 3.05) is 5.73 Å². The third kappa shape index (κ3) is 2.52. The first-order chi connectivity index (χ1) is 9.43. The molecular formula is C11H11FN4O3S. The van der Waals surface area contributed by atoms with Gasteiger partial charge in [0.05, 0.1) is 10.5 Å². The van der Waals surface area contributed by atoms with Crippen molar-refractivity contribution in [1.82, 2.24) is 14.8 Å². The fraction of sp³-hybridized carbons (Fsp3) is 0.182. The largest absolute Gasteiger partial charge is 0.478 e. The van der Waals surface area contributed by atoms with Gasteiger partial charge in [0.25, 0.3) is 0 Å². The highest BCUT2D eigenvalue weighted by molar-refractivity contribution is 7.99. The number of carboxylic acid groups (broad SMARTS) is 1. The van der Waals surface area contributed by atoms with E-state index in [0.29, 0.717) is 6.54 Å². The molecule has 0 saturated carbocycles. The molecule has 1 heterocycles. The van der Waals surface area contributed by atoms with Gasteiger partial charge in [-0.3, -0.25) is 4.57 Å². The zero-order valence-electron chi connectivity index (χ0n) is 10.4. The number of nitrogen functional groups attached to an aromatic ring is 1. The minimum atomic E-state index is -1.25. The maximum Gasteiger partial charge on any atom is 0.343 e. The second-order valence-corrected chi connectivity index (χ2v) is 4.84. The van der Waals surface area contributed by atoms with E-state index in [4.69, 9.17) is 10.8 Å². The number of benzene rings is 1. The molecule has 1 aromatic heterocycles. The maximum absolute atomic E-state index is 13.8. The zero-order valence-corrected chi connectivity index (χ0v) is 11.2. The van der Waals surface area contributed by atoms with Crippen molar-refractivity contribution in [3.8, 4) is 0 Å². The van der Waals surface area contributed by atoms with Gasteiger partial charge in [0.15, 0.2) is 5.16 Å². The second kappa shape index (κ2) is 5.37. The van der Waals surface area contributed by atoms with Crippen LogP contribution in [0.4, 0.5) is 10.1 Å². The number of aromatic carboxylic acids is 1.